The summed E-state index contributed by atoms with van der Waals surface area (Å²) >= 11 is 0. The number of H-pyrrole nitrogens is 4. The minimum Gasteiger partial charge on any atom is -0.388 e. The van der Waals surface area contributed by atoms with Crippen LogP contribution in [-0.2, 0) is 55.3 Å². The van der Waals surface area contributed by atoms with E-state index in [1.165, 1.54) is 0 Å². The number of aldehydes is 4. The van der Waals surface area contributed by atoms with Crippen LogP contribution in [0.4, 0.5) is 17.6 Å². The minimum atomic E-state index is -5.54. The van der Waals surface area contributed by atoms with E-state index in [1.54, 1.807) is 19.9 Å². The van der Waals surface area contributed by atoms with Gasteiger partial charge in [0.25, 0.3) is 22.2 Å². The molecule has 4 saturated heterocycles. The molecule has 4 aliphatic rings. The molecule has 0 radical (unpaired) electrons. The molecule has 92 heavy (non-hydrogen) atoms. The van der Waals surface area contributed by atoms with Crippen molar-refractivity contribution in [3.05, 3.63) is 130 Å². The van der Waals surface area contributed by atoms with Crippen LogP contribution in [0.5, 0.6) is 0 Å². The van der Waals surface area contributed by atoms with E-state index in [9.17, 15) is 114 Å². The minimum absolute atomic E-state index is 0.00166. The number of aromatic nitrogens is 8. The first-order valence-corrected chi connectivity index (χ1v) is 29.9. The van der Waals surface area contributed by atoms with Gasteiger partial charge in [-0.05, 0) is 0 Å². The molecule has 0 saturated carbocycles. The summed E-state index contributed by atoms with van der Waals surface area (Å²) in [7, 11) is -21.0. The molecule has 12 atom stereocenters. The fourth-order valence-electron chi connectivity index (χ4n) is 7.57. The van der Waals surface area contributed by atoms with Gasteiger partial charge >= 0.3 is 54.0 Å². The second-order valence-electron chi connectivity index (χ2n) is 18.4. The summed E-state index contributed by atoms with van der Waals surface area (Å²) in [4.78, 5) is 211. The molecule has 0 amide bonds. The van der Waals surface area contributed by atoms with Crippen molar-refractivity contribution in [2.75, 3.05) is 26.3 Å². The first-order chi connectivity index (χ1) is 44.4. The number of aliphatic hydroxyl groups is 4. The topological polar surface area (TPSA) is 673 Å². The number of phosphoric ester groups is 4. The highest BCUT2D eigenvalue weighted by atomic mass is 31.2. The molecule has 4 aromatic rings. The van der Waals surface area contributed by atoms with Crippen molar-refractivity contribution in [1.82, 2.24) is 38.2 Å². The number of nitrogens with zero attached hydrogens (tertiary/aromatic N) is 4. The fourth-order valence-corrected chi connectivity index (χ4v) is 8.81. The molecular formula is C40H48F4N8O36P4. The lowest BCUT2D eigenvalue weighted by Crippen LogP contribution is -2.37. The Morgan fingerprint density at radius 2 is 0.685 bits per heavy atom. The van der Waals surface area contributed by atoms with Gasteiger partial charge in [-0.15, -0.1) is 0 Å². The lowest BCUT2D eigenvalue weighted by molar-refractivity contribution is -0.178. The molecule has 0 aromatic carbocycles. The summed E-state index contributed by atoms with van der Waals surface area (Å²) in [5, 5.41) is 39.5. The smallest absolute Gasteiger partial charge is 0.388 e. The van der Waals surface area contributed by atoms with Crippen molar-refractivity contribution >= 4 is 56.4 Å². The van der Waals surface area contributed by atoms with Gasteiger partial charge < -0.3 is 78.5 Å². The van der Waals surface area contributed by atoms with Crippen LogP contribution in [0.15, 0.2) is 63.1 Å². The number of hydrogen-bond acceptors (Lipinski definition) is 28. The summed E-state index contributed by atoms with van der Waals surface area (Å²) in [6.07, 6.45) is -18.5. The first-order valence-electron chi connectivity index (χ1n) is 26.8. The van der Waals surface area contributed by atoms with Crippen LogP contribution in [0.3, 0.4) is 0 Å². The largest absolute Gasteiger partial charge is 0.469 e. The van der Waals surface area contributed by atoms with E-state index >= 15 is 0 Å². The average Bonchev–Trinajstić information content (AvgIpc) is 1.57. The van der Waals surface area contributed by atoms with Crippen molar-refractivity contribution in [2.45, 2.75) is 98.4 Å². The maximum Gasteiger partial charge on any atom is 0.469 e. The molecule has 8 rings (SSSR count). The number of aromatic amines is 4. The molecule has 4 aromatic heterocycles. The SMILES string of the molecule is O=Cc1cn([C@@H]2O[C@](F)(COP(=O)(O)O)C[C@H]2O)c(=O)[nH]c1=O.[2H]C([2H])(OP(=O)(O)O)[C@]1(F)C[C@@H](O)[C@H](n2cc(C=O)c(=O)[nH]c2=O)O1.[2H]C([2H])(OP(=O)(O)O)[C@]1(F)C[C@@H](O)[C@]([2H])(n2cc(C=O)c(=O)[nH]c2=O)O1.[2H][C@@]1(n2cc(C=O)c(=O)[nH]c2=O)O[C@](F)(COP(=O)(O)O)C[C@H]1O. The van der Waals surface area contributed by atoms with Gasteiger partial charge in [0.15, 0.2) is 50.0 Å². The number of rotatable bonds is 20. The zero-order valence-corrected chi connectivity index (χ0v) is 48.2. The molecule has 0 aliphatic carbocycles. The Bertz CT molecular complexity index is 4450. The molecule has 4 aliphatic heterocycles. The summed E-state index contributed by atoms with van der Waals surface area (Å²) < 4.78 is 182. The number of phosphoric acid groups is 4. The van der Waals surface area contributed by atoms with Crippen molar-refractivity contribution in [3.63, 3.8) is 0 Å². The number of aliphatic hydroxyl groups excluding tert-OH is 4. The second-order valence-corrected chi connectivity index (χ2v) is 23.2. The molecule has 0 spiro atoms. The summed E-state index contributed by atoms with van der Waals surface area (Å²) in [5.41, 5.74) is -11.4. The number of carbonyl (C=O) groups excluding carboxylic acids is 4. The monoisotopic (exact) mass is 1420 g/mol. The lowest BCUT2D eigenvalue weighted by atomic mass is 10.2. The van der Waals surface area contributed by atoms with Crippen LogP contribution in [0.25, 0.3) is 0 Å². The van der Waals surface area contributed by atoms with Crippen LogP contribution in [0, 0.1) is 0 Å². The van der Waals surface area contributed by atoms with E-state index < -0.39 is 223 Å². The predicted molar refractivity (Wildman–Crippen MR) is 277 cm³/mol. The number of halogens is 4. The Balaban J connectivity index is 0.000000236. The summed E-state index contributed by atoms with van der Waals surface area (Å²) in [6, 6.07) is 0. The van der Waals surface area contributed by atoms with Crippen molar-refractivity contribution in [1.29, 1.82) is 0 Å². The fraction of sp³-hybridized carbons (Fsp3) is 0.500. The number of ether oxygens (including phenoxy) is 4. The number of carbonyl (C=O) groups is 4. The van der Waals surface area contributed by atoms with Crippen molar-refractivity contribution in [2.24, 2.45) is 0 Å². The Labute approximate surface area is 509 Å². The maximum absolute atomic E-state index is 14.8. The Morgan fingerprint density at radius 3 is 1.00 bits per heavy atom. The second kappa shape index (κ2) is 29.3. The highest BCUT2D eigenvalue weighted by molar-refractivity contribution is 7.47. The normalized spacial score (nSPS) is 30.9. The Kier molecular flexibility index (Phi) is 21.2. The van der Waals surface area contributed by atoms with E-state index in [4.69, 9.17) is 52.1 Å². The lowest BCUT2D eigenvalue weighted by Gasteiger charge is -2.21. The van der Waals surface area contributed by atoms with Gasteiger partial charge in [0, 0.05) is 50.5 Å². The third kappa shape index (κ3) is 20.6. The van der Waals surface area contributed by atoms with Gasteiger partial charge in [0.05, 0.1) is 30.5 Å². The maximum atomic E-state index is 14.8. The van der Waals surface area contributed by atoms with E-state index in [-0.39, 0.29) is 34.3 Å². The Hall–Kier alpha value is -6.76. The summed E-state index contributed by atoms with van der Waals surface area (Å²) in [5.74, 6) is -13.1. The number of hydrogen-bond donors (Lipinski definition) is 16. The zero-order chi connectivity index (χ0) is 75.1. The predicted octanol–water partition coefficient (Wildman–Crippen LogP) is -6.38. The highest BCUT2D eigenvalue weighted by Gasteiger charge is 2.53. The van der Waals surface area contributed by atoms with Gasteiger partial charge in [-0.2, -0.15) is 0 Å². The van der Waals surface area contributed by atoms with Gasteiger partial charge in [0.2, 0.25) is 23.4 Å². The molecule has 4 fully saturated rings. The van der Waals surface area contributed by atoms with Crippen LogP contribution in [0.1, 0.15) is 100 Å². The van der Waals surface area contributed by atoms with Crippen LogP contribution >= 0.6 is 31.3 Å². The molecule has 16 N–H and O–H groups in total. The average molecular weight is 1420 g/mol. The van der Waals surface area contributed by atoms with Gasteiger partial charge in [-0.1, -0.05) is 0 Å². The van der Waals surface area contributed by atoms with E-state index in [0.717, 1.165) is 6.20 Å². The third-order valence-electron chi connectivity index (χ3n) is 11.4. The van der Waals surface area contributed by atoms with Crippen LogP contribution < -0.4 is 45.0 Å². The third-order valence-corrected chi connectivity index (χ3v) is 12.9. The van der Waals surface area contributed by atoms with Crippen molar-refractivity contribution < 1.29 is 160 Å². The zero-order valence-electron chi connectivity index (χ0n) is 50.6. The van der Waals surface area contributed by atoms with Gasteiger partial charge in [-0.3, -0.25) is 94.7 Å². The van der Waals surface area contributed by atoms with Crippen LogP contribution in [0.2, 0.25) is 0 Å². The van der Waals surface area contributed by atoms with E-state index in [2.05, 4.69) is 32.3 Å². The first kappa shape index (κ1) is 66.7. The molecule has 52 heteroatoms. The molecule has 0 unspecified atom stereocenters. The van der Waals surface area contributed by atoms with Crippen LogP contribution in [-0.4, -0.2) is 197 Å². The van der Waals surface area contributed by atoms with Gasteiger partial charge in [0.1, 0.15) is 50.7 Å². The molecule has 44 nitrogen and oxygen atoms in total. The molecule has 512 valence electrons. The van der Waals surface area contributed by atoms with E-state index in [1.807, 2.05) is 0 Å². The summed E-state index contributed by atoms with van der Waals surface area (Å²) in [6.45, 7) is -10.0. The Morgan fingerprint density at radius 1 is 0.446 bits per heavy atom. The van der Waals surface area contributed by atoms with Crippen molar-refractivity contribution in [3.8, 4) is 0 Å². The van der Waals surface area contributed by atoms with Gasteiger partial charge in [-0.25, -0.2) is 55.0 Å². The highest BCUT2D eigenvalue weighted by Crippen LogP contribution is 2.47. The molecular weight excluding hydrogens is 1370 g/mol. The van der Waals surface area contributed by atoms with E-state index in [0.29, 0.717) is 27.7 Å². The standard InChI is InChI=1S/4C10H12FN2O9P/c4*11-10(4-21-23(18,19)20)1-6(15)8(22-10)13-2-5(3-14)7(16)12-9(13)17/h4*2-3,6,8,15H,1,4H2,(H,12,16,17)(H2,18,19,20)/t4*6-,8-,10+/m1111/s1/i4D2,8D;8D;4D2;. The molecule has 8 heterocycles. The number of alkyl halides is 4. The quantitative estimate of drug-likeness (QED) is 0.0222. The number of nitrogens with one attached hydrogen (secondary N) is 4. The molecule has 0 bridgehead atoms.